The summed E-state index contributed by atoms with van der Waals surface area (Å²) < 4.78 is 4.95. The Hall–Kier alpha value is -1.32. The number of rotatable bonds is 7. The number of carbonyl (C=O) groups is 2. The van der Waals surface area contributed by atoms with Gasteiger partial charge < -0.3 is 10.1 Å². The first-order valence-electron chi connectivity index (χ1n) is 6.39. The zero-order valence-corrected chi connectivity index (χ0v) is 10.4. The summed E-state index contributed by atoms with van der Waals surface area (Å²) in [5.74, 6) is -0.434. The smallest absolute Gasteiger partial charge is 0.333 e. The van der Waals surface area contributed by atoms with Gasteiger partial charge in [-0.1, -0.05) is 26.2 Å². The molecule has 0 unspecified atom stereocenters. The van der Waals surface area contributed by atoms with Gasteiger partial charge in [0.25, 0.3) is 0 Å². The molecule has 0 spiro atoms. The average molecular weight is 239 g/mol. The first kappa shape index (κ1) is 13.7. The molecular weight excluding hydrogens is 218 g/mol. The number of allylic oxidation sites excluding steroid dienone is 1. The first-order valence-corrected chi connectivity index (χ1v) is 6.39. The van der Waals surface area contributed by atoms with Crippen LogP contribution in [0.5, 0.6) is 0 Å². The lowest BCUT2D eigenvalue weighted by Gasteiger charge is -2.06. The van der Waals surface area contributed by atoms with Gasteiger partial charge in [0.1, 0.15) is 6.04 Å². The second-order valence-corrected chi connectivity index (χ2v) is 4.32. The highest BCUT2D eigenvalue weighted by molar-refractivity contribution is 5.88. The van der Waals surface area contributed by atoms with Gasteiger partial charge in [-0.3, -0.25) is 4.79 Å². The van der Waals surface area contributed by atoms with Gasteiger partial charge in [-0.05, 0) is 25.3 Å². The van der Waals surface area contributed by atoms with E-state index in [-0.39, 0.29) is 11.9 Å². The predicted molar refractivity (Wildman–Crippen MR) is 65.2 cm³/mol. The van der Waals surface area contributed by atoms with Crippen molar-refractivity contribution in [2.45, 2.75) is 57.9 Å². The highest BCUT2D eigenvalue weighted by Crippen LogP contribution is 2.08. The molecule has 1 saturated heterocycles. The van der Waals surface area contributed by atoms with Crippen molar-refractivity contribution in [1.82, 2.24) is 5.32 Å². The van der Waals surface area contributed by atoms with Crippen molar-refractivity contribution in [3.8, 4) is 0 Å². The lowest BCUT2D eigenvalue weighted by molar-refractivity contribution is -0.141. The van der Waals surface area contributed by atoms with E-state index >= 15 is 0 Å². The van der Waals surface area contributed by atoms with Gasteiger partial charge in [-0.2, -0.15) is 0 Å². The third-order valence-corrected chi connectivity index (χ3v) is 2.78. The molecule has 0 bridgehead atoms. The van der Waals surface area contributed by atoms with Crippen LogP contribution >= 0.6 is 0 Å². The number of esters is 1. The Bertz CT molecular complexity index is 286. The third kappa shape index (κ3) is 5.52. The van der Waals surface area contributed by atoms with E-state index in [9.17, 15) is 9.59 Å². The van der Waals surface area contributed by atoms with Gasteiger partial charge in [0, 0.05) is 6.42 Å². The van der Waals surface area contributed by atoms with Crippen LogP contribution in [-0.4, -0.2) is 17.9 Å². The molecule has 0 aliphatic carbocycles. The van der Waals surface area contributed by atoms with Gasteiger partial charge in [0.2, 0.25) is 5.91 Å². The van der Waals surface area contributed by atoms with Crippen molar-refractivity contribution < 1.29 is 14.3 Å². The number of hydrogen-bond acceptors (Lipinski definition) is 3. The van der Waals surface area contributed by atoms with Crippen LogP contribution in [0.3, 0.4) is 0 Å². The zero-order valence-electron chi connectivity index (χ0n) is 10.4. The molecule has 1 rings (SSSR count). The number of carbonyl (C=O) groups excluding carboxylic acids is 2. The number of unbranched alkanes of at least 4 members (excludes halogenated alkanes) is 4. The van der Waals surface area contributed by atoms with E-state index < -0.39 is 6.04 Å². The average Bonchev–Trinajstić information content (AvgIpc) is 2.74. The van der Waals surface area contributed by atoms with E-state index in [2.05, 4.69) is 12.2 Å². The van der Waals surface area contributed by atoms with Crippen LogP contribution in [0.1, 0.15) is 51.9 Å². The van der Waals surface area contributed by atoms with Crippen LogP contribution in [0, 0.1) is 0 Å². The molecule has 1 aliphatic rings. The number of ether oxygens (including phenoxy) is 1. The fourth-order valence-electron chi connectivity index (χ4n) is 1.75. The second kappa shape index (κ2) is 7.87. The van der Waals surface area contributed by atoms with Crippen molar-refractivity contribution in [3.05, 3.63) is 12.3 Å². The quantitative estimate of drug-likeness (QED) is 0.421. The minimum absolute atomic E-state index is 0.0736. The normalized spacial score (nSPS) is 19.6. The topological polar surface area (TPSA) is 55.4 Å². The van der Waals surface area contributed by atoms with Crippen molar-refractivity contribution in [2.24, 2.45) is 0 Å². The van der Waals surface area contributed by atoms with Crippen LogP contribution in [0.25, 0.3) is 0 Å². The fourth-order valence-corrected chi connectivity index (χ4v) is 1.75. The SMILES string of the molecule is CCCCCC/C=C/OC(=O)[C@@H]1CCC(=O)N1. The highest BCUT2D eigenvalue weighted by atomic mass is 16.5. The minimum atomic E-state index is -0.452. The molecule has 96 valence electrons. The molecule has 0 radical (unpaired) electrons. The van der Waals surface area contributed by atoms with Crippen LogP contribution in [0.2, 0.25) is 0 Å². The van der Waals surface area contributed by atoms with Crippen LogP contribution < -0.4 is 5.32 Å². The Labute approximate surface area is 102 Å². The molecule has 1 aliphatic heterocycles. The van der Waals surface area contributed by atoms with Gasteiger partial charge >= 0.3 is 5.97 Å². The molecular formula is C13H21NO3. The molecule has 1 heterocycles. The van der Waals surface area contributed by atoms with E-state index in [1.165, 1.54) is 25.5 Å². The molecule has 0 saturated carbocycles. The molecule has 1 atom stereocenters. The summed E-state index contributed by atoms with van der Waals surface area (Å²) in [6.45, 7) is 2.17. The van der Waals surface area contributed by atoms with Gasteiger partial charge in [0.15, 0.2) is 0 Å². The summed E-state index contributed by atoms with van der Waals surface area (Å²) in [6.07, 6.45) is 10.0. The zero-order chi connectivity index (χ0) is 12.5. The summed E-state index contributed by atoms with van der Waals surface area (Å²) in [5.41, 5.74) is 0. The lowest BCUT2D eigenvalue weighted by Crippen LogP contribution is -2.33. The standard InChI is InChI=1S/C13H21NO3/c1-2-3-4-5-6-7-10-17-13(16)11-8-9-12(15)14-11/h7,10-11H,2-6,8-9H2,1H3,(H,14,15)/b10-7+/t11-/m0/s1. The van der Waals surface area contributed by atoms with E-state index in [1.54, 1.807) is 0 Å². The number of nitrogens with one attached hydrogen (secondary N) is 1. The highest BCUT2D eigenvalue weighted by Gasteiger charge is 2.27. The molecule has 0 aromatic carbocycles. The summed E-state index contributed by atoms with van der Waals surface area (Å²) in [7, 11) is 0. The minimum Gasteiger partial charge on any atom is -0.433 e. The van der Waals surface area contributed by atoms with Crippen molar-refractivity contribution in [3.63, 3.8) is 0 Å². The first-order chi connectivity index (χ1) is 8.24. The van der Waals surface area contributed by atoms with Gasteiger partial charge in [-0.25, -0.2) is 4.79 Å². The fraction of sp³-hybridized carbons (Fsp3) is 0.692. The molecule has 1 amide bonds. The monoisotopic (exact) mass is 239 g/mol. The molecule has 17 heavy (non-hydrogen) atoms. The van der Waals surface area contributed by atoms with Crippen LogP contribution in [0.15, 0.2) is 12.3 Å². The Kier molecular flexibility index (Phi) is 6.37. The van der Waals surface area contributed by atoms with E-state index in [0.29, 0.717) is 12.8 Å². The Morgan fingerprint density at radius 3 is 2.94 bits per heavy atom. The summed E-state index contributed by atoms with van der Waals surface area (Å²) in [4.78, 5) is 22.3. The lowest BCUT2D eigenvalue weighted by atomic mass is 10.1. The number of hydrogen-bond donors (Lipinski definition) is 1. The van der Waals surface area contributed by atoms with Crippen LogP contribution in [-0.2, 0) is 14.3 Å². The van der Waals surface area contributed by atoms with E-state index in [0.717, 1.165) is 12.8 Å². The second-order valence-electron chi connectivity index (χ2n) is 4.32. The molecule has 4 nitrogen and oxygen atoms in total. The predicted octanol–water partition coefficient (Wildman–Crippen LogP) is 2.29. The Balaban J connectivity index is 2.07. The largest absolute Gasteiger partial charge is 0.433 e. The van der Waals surface area contributed by atoms with Crippen molar-refractivity contribution in [1.29, 1.82) is 0 Å². The van der Waals surface area contributed by atoms with Gasteiger partial charge in [0.05, 0.1) is 6.26 Å². The maximum atomic E-state index is 11.4. The molecule has 0 aromatic heterocycles. The third-order valence-electron chi connectivity index (χ3n) is 2.78. The molecule has 0 aromatic rings. The van der Waals surface area contributed by atoms with Crippen molar-refractivity contribution >= 4 is 11.9 Å². The molecule has 1 N–H and O–H groups in total. The van der Waals surface area contributed by atoms with Crippen LogP contribution in [0.4, 0.5) is 0 Å². The van der Waals surface area contributed by atoms with E-state index in [1.807, 2.05) is 6.08 Å². The Morgan fingerprint density at radius 2 is 2.29 bits per heavy atom. The molecule has 1 fully saturated rings. The van der Waals surface area contributed by atoms with Crippen molar-refractivity contribution in [2.75, 3.05) is 0 Å². The Morgan fingerprint density at radius 1 is 1.47 bits per heavy atom. The summed E-state index contributed by atoms with van der Waals surface area (Å²) in [6, 6.07) is -0.452. The maximum Gasteiger partial charge on any atom is 0.333 e. The van der Waals surface area contributed by atoms with E-state index in [4.69, 9.17) is 4.74 Å². The summed E-state index contributed by atoms with van der Waals surface area (Å²) in [5, 5.41) is 2.58. The summed E-state index contributed by atoms with van der Waals surface area (Å²) >= 11 is 0. The molecule has 4 heteroatoms. The number of amides is 1. The maximum absolute atomic E-state index is 11.4. The van der Waals surface area contributed by atoms with Gasteiger partial charge in [-0.15, -0.1) is 0 Å².